The molecule has 1 spiro atoms. The summed E-state index contributed by atoms with van der Waals surface area (Å²) in [6, 6.07) is 1.66. The highest BCUT2D eigenvalue weighted by atomic mass is 19.1. The van der Waals surface area contributed by atoms with Gasteiger partial charge in [-0.25, -0.2) is 9.37 Å². The first-order valence-corrected chi connectivity index (χ1v) is 8.68. The van der Waals surface area contributed by atoms with Crippen LogP contribution in [0.25, 0.3) is 0 Å². The topological polar surface area (TPSA) is 62.7 Å². The molecule has 1 saturated carbocycles. The summed E-state index contributed by atoms with van der Waals surface area (Å²) < 4.78 is 19.2. The van der Waals surface area contributed by atoms with Crippen LogP contribution in [0.5, 0.6) is 5.88 Å². The lowest BCUT2D eigenvalue weighted by Crippen LogP contribution is -2.42. The second kappa shape index (κ2) is 6.95. The predicted molar refractivity (Wildman–Crippen MR) is 88.8 cm³/mol. The number of aromatic nitrogens is 1. The number of carboxylic acid groups (broad SMARTS) is 1. The maximum absolute atomic E-state index is 14.1. The van der Waals surface area contributed by atoms with E-state index in [0.29, 0.717) is 29.3 Å². The Morgan fingerprint density at radius 3 is 2.62 bits per heavy atom. The van der Waals surface area contributed by atoms with Crippen molar-refractivity contribution in [1.29, 1.82) is 0 Å². The SMILES string of the molecule is COc1cc(N2CCC3(CCC(CC(=O)O)CC3)CC2)c(F)cn1. The number of nitrogens with zero attached hydrogens (tertiary/aromatic N) is 2. The Hall–Kier alpha value is -1.85. The molecule has 3 rings (SSSR count). The number of piperidine rings is 1. The van der Waals surface area contributed by atoms with Gasteiger partial charge in [0.05, 0.1) is 19.0 Å². The van der Waals surface area contributed by atoms with Crippen molar-refractivity contribution in [3.05, 3.63) is 18.1 Å². The van der Waals surface area contributed by atoms with Crippen molar-refractivity contribution in [2.45, 2.75) is 44.9 Å². The quantitative estimate of drug-likeness (QED) is 0.912. The van der Waals surface area contributed by atoms with Crippen molar-refractivity contribution in [3.63, 3.8) is 0 Å². The second-order valence-corrected chi connectivity index (χ2v) is 7.21. The second-order valence-electron chi connectivity index (χ2n) is 7.21. The molecule has 1 aliphatic carbocycles. The minimum atomic E-state index is -0.687. The highest BCUT2D eigenvalue weighted by Crippen LogP contribution is 2.47. The number of hydrogen-bond donors (Lipinski definition) is 1. The molecule has 132 valence electrons. The van der Waals surface area contributed by atoms with Crippen molar-refractivity contribution in [3.8, 4) is 5.88 Å². The summed E-state index contributed by atoms with van der Waals surface area (Å²) in [4.78, 5) is 16.8. The van der Waals surface area contributed by atoms with Crippen molar-refractivity contribution in [2.75, 3.05) is 25.1 Å². The summed E-state index contributed by atoms with van der Waals surface area (Å²) in [5, 5.41) is 8.94. The van der Waals surface area contributed by atoms with E-state index in [9.17, 15) is 9.18 Å². The lowest BCUT2D eigenvalue weighted by molar-refractivity contribution is -0.138. The third-order valence-corrected chi connectivity index (χ3v) is 5.81. The van der Waals surface area contributed by atoms with Crippen molar-refractivity contribution in [1.82, 2.24) is 4.98 Å². The number of carbonyl (C=O) groups is 1. The largest absolute Gasteiger partial charge is 0.481 e. The molecular weight excluding hydrogens is 311 g/mol. The van der Waals surface area contributed by atoms with Gasteiger partial charge >= 0.3 is 5.97 Å². The van der Waals surface area contributed by atoms with Crippen LogP contribution in [0.2, 0.25) is 0 Å². The van der Waals surface area contributed by atoms with E-state index < -0.39 is 5.97 Å². The van der Waals surface area contributed by atoms with Gasteiger partial charge in [0.2, 0.25) is 5.88 Å². The predicted octanol–water partition coefficient (Wildman–Crippen LogP) is 3.48. The van der Waals surface area contributed by atoms with Gasteiger partial charge < -0.3 is 14.7 Å². The first-order chi connectivity index (χ1) is 11.5. The van der Waals surface area contributed by atoms with Crippen LogP contribution in [0.3, 0.4) is 0 Å². The molecular formula is C18H25FN2O3. The molecule has 0 bridgehead atoms. The Morgan fingerprint density at radius 1 is 1.38 bits per heavy atom. The van der Waals surface area contributed by atoms with Crippen LogP contribution in [-0.4, -0.2) is 36.3 Å². The molecule has 5 nitrogen and oxygen atoms in total. The molecule has 0 amide bonds. The van der Waals surface area contributed by atoms with Gasteiger partial charge in [0.1, 0.15) is 0 Å². The summed E-state index contributed by atoms with van der Waals surface area (Å²) >= 11 is 0. The average molecular weight is 336 g/mol. The molecule has 2 heterocycles. The average Bonchev–Trinajstić information content (AvgIpc) is 2.58. The lowest BCUT2D eigenvalue weighted by atomic mass is 9.65. The van der Waals surface area contributed by atoms with E-state index in [1.54, 1.807) is 6.07 Å². The van der Waals surface area contributed by atoms with E-state index in [4.69, 9.17) is 9.84 Å². The van der Waals surface area contributed by atoms with Gasteiger partial charge in [0.15, 0.2) is 5.82 Å². The molecule has 24 heavy (non-hydrogen) atoms. The lowest BCUT2D eigenvalue weighted by Gasteiger charge is -2.46. The summed E-state index contributed by atoms with van der Waals surface area (Å²) in [5.74, 6) is -0.237. The van der Waals surface area contributed by atoms with Gasteiger partial charge in [-0.3, -0.25) is 4.79 Å². The number of halogens is 1. The number of hydrogen-bond acceptors (Lipinski definition) is 4. The zero-order chi connectivity index (χ0) is 17.2. The molecule has 1 aromatic rings. The van der Waals surface area contributed by atoms with Gasteiger partial charge in [-0.15, -0.1) is 0 Å². The Labute approximate surface area is 141 Å². The number of rotatable bonds is 4. The van der Waals surface area contributed by atoms with E-state index in [1.807, 2.05) is 0 Å². The number of pyridine rings is 1. The molecule has 0 atom stereocenters. The molecule has 0 unspecified atom stereocenters. The number of anilines is 1. The van der Waals surface area contributed by atoms with Crippen molar-refractivity contribution >= 4 is 11.7 Å². The molecule has 0 radical (unpaired) electrons. The van der Waals surface area contributed by atoms with Gasteiger partial charge in [-0.2, -0.15) is 0 Å². The molecule has 2 fully saturated rings. The van der Waals surface area contributed by atoms with Gasteiger partial charge in [0, 0.05) is 25.6 Å². The Kier molecular flexibility index (Phi) is 4.92. The molecule has 1 N–H and O–H groups in total. The van der Waals surface area contributed by atoms with E-state index in [-0.39, 0.29) is 5.82 Å². The van der Waals surface area contributed by atoms with Crippen LogP contribution in [0.4, 0.5) is 10.1 Å². The highest BCUT2D eigenvalue weighted by Gasteiger charge is 2.38. The normalized spacial score (nSPS) is 21.0. The van der Waals surface area contributed by atoms with Crippen molar-refractivity contribution in [2.24, 2.45) is 11.3 Å². The first-order valence-electron chi connectivity index (χ1n) is 8.68. The molecule has 1 aliphatic heterocycles. The van der Waals surface area contributed by atoms with E-state index >= 15 is 0 Å². The molecule has 1 saturated heterocycles. The Morgan fingerprint density at radius 2 is 2.04 bits per heavy atom. The molecule has 2 aliphatic rings. The smallest absolute Gasteiger partial charge is 0.303 e. The fourth-order valence-electron chi connectivity index (χ4n) is 4.23. The van der Waals surface area contributed by atoms with Gasteiger partial charge in [-0.05, 0) is 49.9 Å². The monoisotopic (exact) mass is 336 g/mol. The number of methoxy groups -OCH3 is 1. The maximum Gasteiger partial charge on any atom is 0.303 e. The van der Waals surface area contributed by atoms with E-state index in [1.165, 1.54) is 13.3 Å². The summed E-state index contributed by atoms with van der Waals surface area (Å²) in [7, 11) is 1.53. The van der Waals surface area contributed by atoms with E-state index in [0.717, 1.165) is 51.6 Å². The van der Waals surface area contributed by atoms with E-state index in [2.05, 4.69) is 9.88 Å². The standard InChI is InChI=1S/C18H25FN2O3/c1-24-16-11-15(14(19)12-20-16)21-8-6-18(7-9-21)4-2-13(3-5-18)10-17(22)23/h11-13H,2-10H2,1H3,(H,22,23). The molecule has 1 aromatic heterocycles. The van der Waals surface area contributed by atoms with Gasteiger partial charge in [0.25, 0.3) is 0 Å². The third kappa shape index (κ3) is 3.62. The van der Waals surface area contributed by atoms with Crippen LogP contribution < -0.4 is 9.64 Å². The van der Waals surface area contributed by atoms with Crippen molar-refractivity contribution < 1.29 is 19.0 Å². The number of carboxylic acids is 1. The third-order valence-electron chi connectivity index (χ3n) is 5.81. The van der Waals surface area contributed by atoms with Crippen LogP contribution >= 0.6 is 0 Å². The van der Waals surface area contributed by atoms with Crippen LogP contribution in [0.15, 0.2) is 12.3 Å². The van der Waals surface area contributed by atoms with Crippen LogP contribution in [-0.2, 0) is 4.79 Å². The fraction of sp³-hybridized carbons (Fsp3) is 0.667. The highest BCUT2D eigenvalue weighted by molar-refractivity contribution is 5.67. The van der Waals surface area contributed by atoms with Gasteiger partial charge in [-0.1, -0.05) is 0 Å². The summed E-state index contributed by atoms with van der Waals surface area (Å²) in [6.45, 7) is 1.65. The zero-order valence-corrected chi connectivity index (χ0v) is 14.1. The minimum Gasteiger partial charge on any atom is -0.481 e. The molecule has 6 heteroatoms. The number of aliphatic carboxylic acids is 1. The molecule has 0 aromatic carbocycles. The maximum atomic E-state index is 14.1. The van der Waals surface area contributed by atoms with Crippen LogP contribution in [0, 0.1) is 17.2 Å². The summed E-state index contributed by atoms with van der Waals surface area (Å²) in [6.07, 6.45) is 7.79. The fourth-order valence-corrected chi connectivity index (χ4v) is 4.23. The van der Waals surface area contributed by atoms with Crippen LogP contribution in [0.1, 0.15) is 44.9 Å². The summed E-state index contributed by atoms with van der Waals surface area (Å²) in [5.41, 5.74) is 0.885. The zero-order valence-electron chi connectivity index (χ0n) is 14.1. The minimum absolute atomic E-state index is 0.296. The Balaban J connectivity index is 1.59. The number of ether oxygens (including phenoxy) is 1. The first kappa shape index (κ1) is 17.0. The Bertz CT molecular complexity index is 590.